The Bertz CT molecular complexity index is 337. The number of H-pyrrole nitrogens is 1. The van der Waals surface area contributed by atoms with Gasteiger partial charge in [-0.25, -0.2) is 0 Å². The lowest BCUT2D eigenvalue weighted by Gasteiger charge is -2.14. The van der Waals surface area contributed by atoms with E-state index in [0.29, 0.717) is 12.2 Å². The second kappa shape index (κ2) is 9.64. The number of aromatic nitrogens is 4. The Balaban J connectivity index is 2.39. The van der Waals surface area contributed by atoms with Crippen LogP contribution in [-0.2, 0) is 11.2 Å². The van der Waals surface area contributed by atoms with Gasteiger partial charge in [-0.15, -0.1) is 10.2 Å². The van der Waals surface area contributed by atoms with Crippen LogP contribution in [0.1, 0.15) is 71.0 Å². The van der Waals surface area contributed by atoms with Crippen molar-refractivity contribution < 1.29 is 4.79 Å². The molecule has 1 rings (SSSR count). The van der Waals surface area contributed by atoms with E-state index in [-0.39, 0.29) is 11.7 Å². The number of nitrogens with one attached hydrogen (secondary N) is 1. The number of hydrogen-bond acceptors (Lipinski definition) is 4. The van der Waals surface area contributed by atoms with Gasteiger partial charge in [-0.3, -0.25) is 4.79 Å². The summed E-state index contributed by atoms with van der Waals surface area (Å²) in [7, 11) is 0. The number of unbranched alkanes of at least 4 members (excludes halogenated alkanes) is 4. The summed E-state index contributed by atoms with van der Waals surface area (Å²) in [5.41, 5.74) is 0. The number of ketones is 1. The summed E-state index contributed by atoms with van der Waals surface area (Å²) in [5, 5.41) is 13.6. The van der Waals surface area contributed by atoms with Crippen LogP contribution in [0.4, 0.5) is 0 Å². The van der Waals surface area contributed by atoms with E-state index >= 15 is 0 Å². The van der Waals surface area contributed by atoms with Gasteiger partial charge in [0.15, 0.2) is 5.82 Å². The van der Waals surface area contributed by atoms with E-state index in [2.05, 4.69) is 34.5 Å². The summed E-state index contributed by atoms with van der Waals surface area (Å²) < 4.78 is 0. The lowest BCUT2D eigenvalue weighted by atomic mass is 9.90. The van der Waals surface area contributed by atoms with Gasteiger partial charge in [-0.1, -0.05) is 57.6 Å². The molecule has 5 heteroatoms. The first-order chi connectivity index (χ1) is 9.27. The minimum Gasteiger partial charge on any atom is -0.299 e. The molecule has 0 bridgehead atoms. The van der Waals surface area contributed by atoms with Crippen molar-refractivity contribution in [3.05, 3.63) is 5.82 Å². The molecule has 0 saturated carbocycles. The maximum absolute atomic E-state index is 12.3. The van der Waals surface area contributed by atoms with Crippen molar-refractivity contribution in [3.63, 3.8) is 0 Å². The fourth-order valence-electron chi connectivity index (χ4n) is 2.29. The molecule has 108 valence electrons. The Labute approximate surface area is 115 Å². The summed E-state index contributed by atoms with van der Waals surface area (Å²) in [5.74, 6) is 0.960. The van der Waals surface area contributed by atoms with Crippen LogP contribution < -0.4 is 0 Å². The van der Waals surface area contributed by atoms with Crippen LogP contribution in [0.2, 0.25) is 0 Å². The van der Waals surface area contributed by atoms with Gasteiger partial charge in [0.05, 0.1) is 6.42 Å². The van der Waals surface area contributed by atoms with Crippen molar-refractivity contribution >= 4 is 5.78 Å². The molecule has 0 aromatic carbocycles. The lowest BCUT2D eigenvalue weighted by molar-refractivity contribution is -0.122. The fraction of sp³-hybridized carbons (Fsp3) is 0.857. The number of aromatic amines is 1. The van der Waals surface area contributed by atoms with Crippen molar-refractivity contribution in [1.82, 2.24) is 20.6 Å². The molecule has 0 aliphatic carbocycles. The van der Waals surface area contributed by atoms with Crippen molar-refractivity contribution in [3.8, 4) is 0 Å². The Morgan fingerprint density at radius 2 is 1.84 bits per heavy atom. The van der Waals surface area contributed by atoms with E-state index in [4.69, 9.17) is 0 Å². The molecule has 0 spiro atoms. The zero-order valence-corrected chi connectivity index (χ0v) is 12.2. The Morgan fingerprint density at radius 3 is 2.47 bits per heavy atom. The van der Waals surface area contributed by atoms with Gasteiger partial charge in [0.25, 0.3) is 0 Å². The molecule has 19 heavy (non-hydrogen) atoms. The molecule has 5 nitrogen and oxygen atoms in total. The lowest BCUT2D eigenvalue weighted by Crippen LogP contribution is -2.18. The SMILES string of the molecule is CCCCCCC(CCCC)C(=O)Cc1nn[nH]n1. The first-order valence-corrected chi connectivity index (χ1v) is 7.53. The van der Waals surface area contributed by atoms with E-state index < -0.39 is 0 Å². The number of hydrogen-bond donors (Lipinski definition) is 1. The zero-order chi connectivity index (χ0) is 13.9. The van der Waals surface area contributed by atoms with Crippen molar-refractivity contribution in [2.24, 2.45) is 5.92 Å². The molecule has 1 N–H and O–H groups in total. The largest absolute Gasteiger partial charge is 0.299 e. The molecule has 0 aliphatic rings. The molecular weight excluding hydrogens is 240 g/mol. The summed E-state index contributed by atoms with van der Waals surface area (Å²) in [6, 6.07) is 0. The van der Waals surface area contributed by atoms with Gasteiger partial charge in [-0.05, 0) is 12.8 Å². The Hall–Kier alpha value is -1.26. The number of rotatable bonds is 11. The van der Waals surface area contributed by atoms with E-state index in [9.17, 15) is 4.79 Å². The zero-order valence-electron chi connectivity index (χ0n) is 12.2. The summed E-state index contributed by atoms with van der Waals surface area (Å²) >= 11 is 0. The Morgan fingerprint density at radius 1 is 1.11 bits per heavy atom. The highest BCUT2D eigenvalue weighted by Crippen LogP contribution is 2.19. The van der Waals surface area contributed by atoms with Gasteiger partial charge in [0.1, 0.15) is 5.78 Å². The third kappa shape index (κ3) is 6.45. The van der Waals surface area contributed by atoms with E-state index in [1.165, 1.54) is 19.3 Å². The van der Waals surface area contributed by atoms with E-state index in [0.717, 1.165) is 32.1 Å². The van der Waals surface area contributed by atoms with Crippen LogP contribution in [0.3, 0.4) is 0 Å². The van der Waals surface area contributed by atoms with Gasteiger partial charge in [-0.2, -0.15) is 5.21 Å². The summed E-state index contributed by atoms with van der Waals surface area (Å²) in [4.78, 5) is 12.3. The molecule has 0 amide bonds. The molecule has 0 radical (unpaired) electrons. The molecule has 1 aromatic heterocycles. The number of tetrazole rings is 1. The number of nitrogens with zero attached hydrogens (tertiary/aromatic N) is 3. The van der Waals surface area contributed by atoms with Crippen LogP contribution in [-0.4, -0.2) is 26.4 Å². The maximum atomic E-state index is 12.3. The second-order valence-electron chi connectivity index (χ2n) is 5.16. The molecule has 1 unspecified atom stereocenters. The highest BCUT2D eigenvalue weighted by molar-refractivity contribution is 5.82. The molecule has 1 heterocycles. The number of carbonyl (C=O) groups is 1. The van der Waals surface area contributed by atoms with Crippen molar-refractivity contribution in [2.75, 3.05) is 0 Å². The van der Waals surface area contributed by atoms with Crippen LogP contribution in [0.5, 0.6) is 0 Å². The molecule has 0 fully saturated rings. The average Bonchev–Trinajstić information content (AvgIpc) is 2.90. The number of Topliss-reactive ketones (excluding diaryl/α,β-unsaturated/α-hetero) is 1. The van der Waals surface area contributed by atoms with Gasteiger partial charge < -0.3 is 0 Å². The minimum absolute atomic E-state index is 0.176. The van der Waals surface area contributed by atoms with Crippen LogP contribution in [0.15, 0.2) is 0 Å². The highest BCUT2D eigenvalue weighted by Gasteiger charge is 2.19. The number of carbonyl (C=O) groups excluding carboxylic acids is 1. The van der Waals surface area contributed by atoms with E-state index in [1.807, 2.05) is 0 Å². The average molecular weight is 266 g/mol. The molecule has 1 atom stereocenters. The third-order valence-electron chi connectivity index (χ3n) is 3.49. The van der Waals surface area contributed by atoms with Crippen LogP contribution in [0.25, 0.3) is 0 Å². The van der Waals surface area contributed by atoms with Crippen molar-refractivity contribution in [2.45, 2.75) is 71.6 Å². The maximum Gasteiger partial charge on any atom is 0.181 e. The van der Waals surface area contributed by atoms with Gasteiger partial charge in [0, 0.05) is 5.92 Å². The molecule has 0 saturated heterocycles. The van der Waals surface area contributed by atoms with Crippen molar-refractivity contribution in [1.29, 1.82) is 0 Å². The summed E-state index contributed by atoms with van der Waals surface area (Å²) in [6.07, 6.45) is 9.47. The highest BCUT2D eigenvalue weighted by atomic mass is 16.1. The predicted octanol–water partition coefficient (Wildman–Crippen LogP) is 3.09. The van der Waals surface area contributed by atoms with Crippen LogP contribution >= 0.6 is 0 Å². The minimum atomic E-state index is 0.176. The van der Waals surface area contributed by atoms with Gasteiger partial charge in [0.2, 0.25) is 0 Å². The smallest absolute Gasteiger partial charge is 0.181 e. The first kappa shape index (κ1) is 15.8. The monoisotopic (exact) mass is 266 g/mol. The fourth-order valence-corrected chi connectivity index (χ4v) is 2.29. The van der Waals surface area contributed by atoms with E-state index in [1.54, 1.807) is 0 Å². The normalized spacial score (nSPS) is 12.5. The molecule has 1 aromatic rings. The predicted molar refractivity (Wildman–Crippen MR) is 74.7 cm³/mol. The molecule has 0 aliphatic heterocycles. The second-order valence-corrected chi connectivity index (χ2v) is 5.16. The topological polar surface area (TPSA) is 71.5 Å². The standard InChI is InChI=1S/C14H26N4O/c1-3-5-7-8-10-12(9-6-4-2)13(19)11-14-15-17-18-16-14/h12H,3-11H2,1-2H3,(H,15,16,17,18). The van der Waals surface area contributed by atoms with Crippen LogP contribution in [0, 0.1) is 5.92 Å². The quantitative estimate of drug-likeness (QED) is 0.625. The third-order valence-corrected chi connectivity index (χ3v) is 3.49. The van der Waals surface area contributed by atoms with Gasteiger partial charge >= 0.3 is 0 Å². The Kier molecular flexibility index (Phi) is 8.02. The first-order valence-electron chi connectivity index (χ1n) is 7.53. The summed E-state index contributed by atoms with van der Waals surface area (Å²) in [6.45, 7) is 4.37. The molecular formula is C14H26N4O.